The van der Waals surface area contributed by atoms with Crippen molar-refractivity contribution in [2.45, 2.75) is 51.1 Å². The van der Waals surface area contributed by atoms with Crippen molar-refractivity contribution in [1.82, 2.24) is 15.1 Å². The number of nitrogens with two attached hydrogens (primary N) is 1. The number of hydrogen-bond acceptors (Lipinski definition) is 3. The van der Waals surface area contributed by atoms with Gasteiger partial charge in [-0.15, -0.1) is 0 Å². The minimum atomic E-state index is -0.404. The lowest BCUT2D eigenvalue weighted by molar-refractivity contribution is 0.0810. The first-order valence-electron chi connectivity index (χ1n) is 14.3. The van der Waals surface area contributed by atoms with Crippen molar-refractivity contribution < 1.29 is 9.59 Å². The van der Waals surface area contributed by atoms with Crippen LogP contribution in [0.4, 0.5) is 4.79 Å². The van der Waals surface area contributed by atoms with E-state index in [1.54, 1.807) is 0 Å². The van der Waals surface area contributed by atoms with Gasteiger partial charge in [-0.2, -0.15) is 0 Å². The van der Waals surface area contributed by atoms with E-state index in [0.717, 1.165) is 45.2 Å². The van der Waals surface area contributed by atoms with Gasteiger partial charge in [-0.25, -0.2) is 4.79 Å². The van der Waals surface area contributed by atoms with Crippen molar-refractivity contribution >= 4 is 11.9 Å². The summed E-state index contributed by atoms with van der Waals surface area (Å²) in [5, 5.41) is 3.11. The summed E-state index contributed by atoms with van der Waals surface area (Å²) in [7, 11) is 0. The monoisotopic (exact) mass is 526 g/mol. The second-order valence-corrected chi connectivity index (χ2v) is 10.5. The molecule has 6 heteroatoms. The SMILES string of the molecule is CCCCCN(C(N)=O)C(CNC(=O)c1ccccc1)C1CCN(C(c2ccccc2)c2ccccc2)CC1. The van der Waals surface area contributed by atoms with Crippen LogP contribution in [0.15, 0.2) is 91.0 Å². The van der Waals surface area contributed by atoms with E-state index >= 15 is 0 Å². The molecule has 1 aliphatic heterocycles. The maximum Gasteiger partial charge on any atom is 0.315 e. The minimum absolute atomic E-state index is 0.121. The summed E-state index contributed by atoms with van der Waals surface area (Å²) in [5.74, 6) is 0.128. The highest BCUT2D eigenvalue weighted by Crippen LogP contribution is 2.34. The summed E-state index contributed by atoms with van der Waals surface area (Å²) >= 11 is 0. The molecule has 1 atom stereocenters. The number of nitrogens with one attached hydrogen (secondary N) is 1. The molecule has 0 spiro atoms. The largest absolute Gasteiger partial charge is 0.351 e. The van der Waals surface area contributed by atoms with Crippen LogP contribution in [0.5, 0.6) is 0 Å². The number of likely N-dealkylation sites (tertiary alicyclic amines) is 1. The molecule has 0 aromatic heterocycles. The van der Waals surface area contributed by atoms with Crippen LogP contribution in [-0.4, -0.2) is 54.0 Å². The number of primary amides is 1. The third-order valence-electron chi connectivity index (χ3n) is 7.91. The van der Waals surface area contributed by atoms with Crippen molar-refractivity contribution in [3.8, 4) is 0 Å². The Bertz CT molecular complexity index is 1110. The number of benzene rings is 3. The Hall–Kier alpha value is -3.64. The van der Waals surface area contributed by atoms with E-state index in [9.17, 15) is 9.59 Å². The van der Waals surface area contributed by atoms with Gasteiger partial charge in [0.25, 0.3) is 5.91 Å². The van der Waals surface area contributed by atoms with E-state index in [1.165, 1.54) is 11.1 Å². The molecule has 1 heterocycles. The van der Waals surface area contributed by atoms with E-state index in [4.69, 9.17) is 5.73 Å². The third-order valence-corrected chi connectivity index (χ3v) is 7.91. The number of urea groups is 1. The molecule has 206 valence electrons. The molecule has 3 amide bonds. The average Bonchev–Trinajstić information content (AvgIpc) is 2.98. The molecule has 0 radical (unpaired) electrons. The number of carbonyl (C=O) groups excluding carboxylic acids is 2. The molecule has 3 aromatic carbocycles. The fraction of sp³-hybridized carbons (Fsp3) is 0.394. The number of unbranched alkanes of at least 4 members (excludes halogenated alkanes) is 2. The summed E-state index contributed by atoms with van der Waals surface area (Å²) in [6.45, 7) is 4.98. The molecular weight excluding hydrogens is 484 g/mol. The van der Waals surface area contributed by atoms with Crippen LogP contribution in [0.1, 0.15) is 66.6 Å². The van der Waals surface area contributed by atoms with E-state index < -0.39 is 6.03 Å². The Kier molecular flexibility index (Phi) is 10.5. The van der Waals surface area contributed by atoms with E-state index in [2.05, 4.69) is 77.8 Å². The number of rotatable bonds is 12. The maximum atomic E-state index is 12.9. The lowest BCUT2D eigenvalue weighted by Crippen LogP contribution is -2.55. The lowest BCUT2D eigenvalue weighted by atomic mass is 9.86. The standard InChI is InChI=1S/C33H42N4O2/c1-2-3-13-22-37(33(34)39)30(25-35-32(38)29-18-11-6-12-19-29)26-20-23-36(24-21-26)31(27-14-7-4-8-15-27)28-16-9-5-10-17-28/h4-12,14-19,26,30-31H,2-3,13,20-25H2,1H3,(H2,34,39)(H,35,38). The highest BCUT2D eigenvalue weighted by Gasteiger charge is 2.35. The number of hydrogen-bond donors (Lipinski definition) is 2. The van der Waals surface area contributed by atoms with E-state index in [1.807, 2.05) is 35.2 Å². The lowest BCUT2D eigenvalue weighted by Gasteiger charge is -2.43. The van der Waals surface area contributed by atoms with Crippen LogP contribution in [0.25, 0.3) is 0 Å². The molecule has 0 saturated carbocycles. The molecule has 1 saturated heterocycles. The molecular formula is C33H42N4O2. The van der Waals surface area contributed by atoms with Gasteiger partial charge in [-0.1, -0.05) is 98.6 Å². The van der Waals surface area contributed by atoms with Gasteiger partial charge in [0, 0.05) is 18.7 Å². The first-order valence-corrected chi connectivity index (χ1v) is 14.3. The second-order valence-electron chi connectivity index (χ2n) is 10.5. The molecule has 39 heavy (non-hydrogen) atoms. The maximum absolute atomic E-state index is 12.9. The first-order chi connectivity index (χ1) is 19.1. The molecule has 1 unspecified atom stereocenters. The number of nitrogens with zero attached hydrogens (tertiary/aromatic N) is 2. The molecule has 6 nitrogen and oxygen atoms in total. The highest BCUT2D eigenvalue weighted by atomic mass is 16.2. The number of amides is 3. The van der Waals surface area contributed by atoms with E-state index in [0.29, 0.717) is 18.7 Å². The summed E-state index contributed by atoms with van der Waals surface area (Å²) in [6.07, 6.45) is 4.88. The van der Waals surface area contributed by atoms with Crippen LogP contribution in [-0.2, 0) is 0 Å². The van der Waals surface area contributed by atoms with Gasteiger partial charge in [0.15, 0.2) is 0 Å². The van der Waals surface area contributed by atoms with Crippen molar-refractivity contribution in [2.24, 2.45) is 11.7 Å². The molecule has 3 aromatic rings. The quantitative estimate of drug-likeness (QED) is 0.290. The van der Waals surface area contributed by atoms with Crippen molar-refractivity contribution in [3.63, 3.8) is 0 Å². The van der Waals surface area contributed by atoms with Crippen LogP contribution in [0.3, 0.4) is 0 Å². The molecule has 0 aliphatic carbocycles. The number of carbonyl (C=O) groups is 2. The van der Waals surface area contributed by atoms with Crippen LogP contribution in [0, 0.1) is 5.92 Å². The highest BCUT2D eigenvalue weighted by molar-refractivity contribution is 5.94. The Morgan fingerprint density at radius 1 is 0.872 bits per heavy atom. The third kappa shape index (κ3) is 7.70. The van der Waals surface area contributed by atoms with Gasteiger partial charge in [-0.3, -0.25) is 9.69 Å². The predicted molar refractivity (Wildman–Crippen MR) is 157 cm³/mol. The fourth-order valence-corrected chi connectivity index (χ4v) is 5.84. The normalized spacial score (nSPS) is 15.1. The Morgan fingerprint density at radius 3 is 1.92 bits per heavy atom. The summed E-state index contributed by atoms with van der Waals surface area (Å²) < 4.78 is 0. The Labute approximate surface area is 233 Å². The van der Waals surface area contributed by atoms with Crippen LogP contribution < -0.4 is 11.1 Å². The van der Waals surface area contributed by atoms with Crippen molar-refractivity contribution in [2.75, 3.05) is 26.2 Å². The van der Waals surface area contributed by atoms with Gasteiger partial charge < -0.3 is 16.0 Å². The Morgan fingerprint density at radius 2 is 1.41 bits per heavy atom. The predicted octanol–water partition coefficient (Wildman–Crippen LogP) is 5.86. The zero-order chi connectivity index (χ0) is 27.5. The molecule has 1 fully saturated rings. The van der Waals surface area contributed by atoms with Gasteiger partial charge >= 0.3 is 6.03 Å². The Balaban J connectivity index is 1.50. The molecule has 3 N–H and O–H groups in total. The molecule has 0 bridgehead atoms. The summed E-state index contributed by atoms with van der Waals surface area (Å²) in [4.78, 5) is 29.9. The van der Waals surface area contributed by atoms with Gasteiger partial charge in [0.05, 0.1) is 12.1 Å². The van der Waals surface area contributed by atoms with Crippen LogP contribution in [0.2, 0.25) is 0 Å². The zero-order valence-corrected chi connectivity index (χ0v) is 23.0. The first kappa shape index (κ1) is 28.4. The molecule has 4 rings (SSSR count). The molecule has 1 aliphatic rings. The zero-order valence-electron chi connectivity index (χ0n) is 23.0. The van der Waals surface area contributed by atoms with Crippen molar-refractivity contribution in [1.29, 1.82) is 0 Å². The van der Waals surface area contributed by atoms with E-state index in [-0.39, 0.29) is 23.9 Å². The summed E-state index contributed by atoms with van der Waals surface area (Å²) in [5.41, 5.74) is 9.13. The van der Waals surface area contributed by atoms with Gasteiger partial charge in [0.2, 0.25) is 0 Å². The fourth-order valence-electron chi connectivity index (χ4n) is 5.84. The number of piperidine rings is 1. The minimum Gasteiger partial charge on any atom is -0.351 e. The average molecular weight is 527 g/mol. The topological polar surface area (TPSA) is 78.7 Å². The van der Waals surface area contributed by atoms with Gasteiger partial charge in [-0.05, 0) is 61.5 Å². The second kappa shape index (κ2) is 14.5. The van der Waals surface area contributed by atoms with Crippen molar-refractivity contribution in [3.05, 3.63) is 108 Å². The van der Waals surface area contributed by atoms with Gasteiger partial charge in [0.1, 0.15) is 0 Å². The smallest absolute Gasteiger partial charge is 0.315 e. The van der Waals surface area contributed by atoms with Crippen LogP contribution >= 0.6 is 0 Å². The summed E-state index contributed by atoms with van der Waals surface area (Å²) in [6, 6.07) is 30.2.